The van der Waals surface area contributed by atoms with Crippen molar-refractivity contribution in [3.63, 3.8) is 0 Å². The fraction of sp³-hybridized carbons (Fsp3) is 0.0571. The van der Waals surface area contributed by atoms with Gasteiger partial charge >= 0.3 is 6.03 Å². The molecule has 0 atom stereocenters. The summed E-state index contributed by atoms with van der Waals surface area (Å²) in [7, 11) is -18.2. The van der Waals surface area contributed by atoms with Gasteiger partial charge in [0.2, 0.25) is 0 Å². The molecule has 0 aromatic heterocycles. The molecule has 0 saturated heterocycles. The minimum atomic E-state index is -4.68. The standard InChI is InChI=1S/C35H30N4O13S4/c1-19-17-21(53(43,44)38-33-25-5-3-7-31(55(47,48)49)23(25)11-15-29(33)40)9-13-27(19)36-35(42)37-28-14-10-22(18-20(28)2)54(45,46)39-34-26-6-4-8-32(56(50,51)52)24(26)12-16-30(34)41/h3-18,38-41H,1-2H3,(H2,36,37,42)(H,47,48,49)(H,50,51,52). The number of rotatable bonds is 10. The molecule has 0 heterocycles. The summed E-state index contributed by atoms with van der Waals surface area (Å²) in [6, 6.07) is 18.7. The largest absolute Gasteiger partial charge is 0.506 e. The minimum absolute atomic E-state index is 0.00598. The molecule has 17 nitrogen and oxygen atoms in total. The zero-order chi connectivity index (χ0) is 41.0. The van der Waals surface area contributed by atoms with Crippen molar-refractivity contribution in [2.24, 2.45) is 0 Å². The molecule has 6 rings (SSSR count). The van der Waals surface area contributed by atoms with Gasteiger partial charge in [-0.25, -0.2) is 21.6 Å². The molecule has 0 aliphatic heterocycles. The second kappa shape index (κ2) is 14.3. The average Bonchev–Trinajstić information content (AvgIpc) is 3.11. The molecule has 0 aliphatic rings. The summed E-state index contributed by atoms with van der Waals surface area (Å²) in [5, 5.41) is 26.0. The number of anilines is 4. The average molecular weight is 843 g/mol. The van der Waals surface area contributed by atoms with E-state index in [1.807, 2.05) is 0 Å². The first kappa shape index (κ1) is 39.7. The van der Waals surface area contributed by atoms with Crippen molar-refractivity contribution in [3.05, 3.63) is 108 Å². The number of sulfonamides is 2. The lowest BCUT2D eigenvalue weighted by Gasteiger charge is -2.16. The summed E-state index contributed by atoms with van der Waals surface area (Å²) < 4.78 is 125. The second-order valence-electron chi connectivity index (χ2n) is 12.3. The third-order valence-corrected chi connectivity index (χ3v) is 13.1. The summed E-state index contributed by atoms with van der Waals surface area (Å²) in [6.07, 6.45) is 0. The zero-order valence-corrected chi connectivity index (χ0v) is 32.1. The third-order valence-electron chi connectivity index (χ3n) is 8.54. The molecular formula is C35H30N4O13S4. The quantitative estimate of drug-likeness (QED) is 0.0602. The summed E-state index contributed by atoms with van der Waals surface area (Å²) >= 11 is 0. The van der Waals surface area contributed by atoms with E-state index < -0.39 is 67.6 Å². The van der Waals surface area contributed by atoms with Gasteiger partial charge in [-0.3, -0.25) is 18.5 Å². The molecule has 6 aromatic carbocycles. The van der Waals surface area contributed by atoms with Gasteiger partial charge in [-0.1, -0.05) is 24.3 Å². The molecule has 21 heteroatoms. The molecule has 292 valence electrons. The normalized spacial score (nSPS) is 12.4. The van der Waals surface area contributed by atoms with Crippen molar-refractivity contribution in [2.75, 3.05) is 20.1 Å². The van der Waals surface area contributed by atoms with E-state index in [9.17, 15) is 57.8 Å². The van der Waals surface area contributed by atoms with Gasteiger partial charge in [0.05, 0.1) is 21.2 Å². The van der Waals surface area contributed by atoms with Crippen LogP contribution in [0.15, 0.2) is 117 Å². The fourth-order valence-corrected chi connectivity index (χ4v) is 9.62. The number of phenols is 2. The number of urea groups is 1. The van der Waals surface area contributed by atoms with Crippen molar-refractivity contribution < 1.29 is 57.8 Å². The highest BCUT2D eigenvalue weighted by Crippen LogP contribution is 2.38. The number of carbonyl (C=O) groups excluding carboxylic acids is 1. The predicted octanol–water partition coefficient (Wildman–Crippen LogP) is 5.76. The second-order valence-corrected chi connectivity index (χ2v) is 18.5. The minimum Gasteiger partial charge on any atom is -0.506 e. The Morgan fingerprint density at radius 2 is 0.875 bits per heavy atom. The molecule has 0 unspecified atom stereocenters. The molecule has 0 radical (unpaired) electrons. The molecule has 56 heavy (non-hydrogen) atoms. The van der Waals surface area contributed by atoms with Crippen molar-refractivity contribution >= 4 is 90.6 Å². The van der Waals surface area contributed by atoms with Crippen LogP contribution in [-0.2, 0) is 40.3 Å². The maximum atomic E-state index is 13.4. The Balaban J connectivity index is 1.18. The van der Waals surface area contributed by atoms with Crippen LogP contribution in [0, 0.1) is 13.8 Å². The fourth-order valence-electron chi connectivity index (χ4n) is 5.85. The van der Waals surface area contributed by atoms with Gasteiger partial charge in [-0.05, 0) is 97.8 Å². The topological polar surface area (TPSA) is 283 Å². The van der Waals surface area contributed by atoms with E-state index in [4.69, 9.17) is 0 Å². The summed E-state index contributed by atoms with van der Waals surface area (Å²) in [5.41, 5.74) is 0.309. The first-order chi connectivity index (χ1) is 26.1. The van der Waals surface area contributed by atoms with Gasteiger partial charge in [0, 0.05) is 32.9 Å². The number of benzene rings is 6. The van der Waals surface area contributed by atoms with Crippen LogP contribution in [0.25, 0.3) is 21.5 Å². The van der Waals surface area contributed by atoms with Crippen LogP contribution in [0.3, 0.4) is 0 Å². The molecule has 0 spiro atoms. The van der Waals surface area contributed by atoms with Gasteiger partial charge in [-0.15, -0.1) is 0 Å². The van der Waals surface area contributed by atoms with E-state index in [-0.39, 0.29) is 54.1 Å². The van der Waals surface area contributed by atoms with E-state index in [1.54, 1.807) is 0 Å². The summed E-state index contributed by atoms with van der Waals surface area (Å²) in [6.45, 7) is 3.02. The lowest BCUT2D eigenvalue weighted by atomic mass is 10.1. The maximum absolute atomic E-state index is 13.4. The number of nitrogens with one attached hydrogen (secondary N) is 4. The Morgan fingerprint density at radius 3 is 1.21 bits per heavy atom. The van der Waals surface area contributed by atoms with E-state index in [0.29, 0.717) is 11.1 Å². The molecule has 2 amide bonds. The van der Waals surface area contributed by atoms with E-state index in [2.05, 4.69) is 20.1 Å². The Hall–Kier alpha value is -5.97. The van der Waals surface area contributed by atoms with Crippen molar-refractivity contribution in [1.29, 1.82) is 0 Å². The number of amides is 2. The number of aromatic hydroxyl groups is 2. The lowest BCUT2D eigenvalue weighted by molar-refractivity contribution is 0.262. The van der Waals surface area contributed by atoms with Gasteiger partial charge in [-0.2, -0.15) is 16.8 Å². The van der Waals surface area contributed by atoms with Gasteiger partial charge in [0.15, 0.2) is 0 Å². The molecule has 0 bridgehead atoms. The first-order valence-electron chi connectivity index (χ1n) is 15.9. The van der Waals surface area contributed by atoms with Crippen LogP contribution in [0.1, 0.15) is 11.1 Å². The van der Waals surface area contributed by atoms with Gasteiger partial charge < -0.3 is 20.8 Å². The molecule has 6 aromatic rings. The van der Waals surface area contributed by atoms with E-state index in [1.165, 1.54) is 86.6 Å². The van der Waals surface area contributed by atoms with Crippen molar-refractivity contribution in [2.45, 2.75) is 33.4 Å². The zero-order valence-electron chi connectivity index (χ0n) is 28.8. The number of hydrogen-bond acceptors (Lipinski definition) is 11. The predicted molar refractivity (Wildman–Crippen MR) is 207 cm³/mol. The number of phenolic OH excluding ortho intramolecular Hbond substituents is 2. The first-order valence-corrected chi connectivity index (χ1v) is 21.7. The Bertz CT molecular complexity index is 2880. The van der Waals surface area contributed by atoms with E-state index in [0.717, 1.165) is 24.3 Å². The van der Waals surface area contributed by atoms with Gasteiger partial charge in [0.25, 0.3) is 40.3 Å². The van der Waals surface area contributed by atoms with E-state index >= 15 is 0 Å². The highest BCUT2D eigenvalue weighted by molar-refractivity contribution is 7.93. The van der Waals surface area contributed by atoms with Crippen LogP contribution in [0.2, 0.25) is 0 Å². The number of aryl methyl sites for hydroxylation is 2. The summed E-state index contributed by atoms with van der Waals surface area (Å²) in [5.74, 6) is -1.03. The molecule has 0 fully saturated rings. The Kier molecular flexibility index (Phi) is 10.1. The molecule has 0 saturated carbocycles. The lowest BCUT2D eigenvalue weighted by Crippen LogP contribution is -2.21. The Labute approximate surface area is 320 Å². The van der Waals surface area contributed by atoms with Crippen LogP contribution in [-0.4, -0.2) is 59.0 Å². The molecular weight excluding hydrogens is 813 g/mol. The van der Waals surface area contributed by atoms with Crippen LogP contribution >= 0.6 is 0 Å². The smallest absolute Gasteiger partial charge is 0.323 e. The van der Waals surface area contributed by atoms with Gasteiger partial charge in [0.1, 0.15) is 21.3 Å². The number of carbonyl (C=O) groups is 1. The third kappa shape index (κ3) is 7.89. The summed E-state index contributed by atoms with van der Waals surface area (Å²) in [4.78, 5) is 11.5. The van der Waals surface area contributed by atoms with Crippen LogP contribution in [0.5, 0.6) is 11.5 Å². The number of hydrogen-bond donors (Lipinski definition) is 8. The highest BCUT2D eigenvalue weighted by Gasteiger charge is 2.24. The van der Waals surface area contributed by atoms with Crippen molar-refractivity contribution in [3.8, 4) is 11.5 Å². The molecule has 0 aliphatic carbocycles. The van der Waals surface area contributed by atoms with Crippen LogP contribution < -0.4 is 20.1 Å². The monoisotopic (exact) mass is 842 g/mol. The highest BCUT2D eigenvalue weighted by atomic mass is 32.2. The number of fused-ring (bicyclic) bond motifs is 2. The molecule has 8 N–H and O–H groups in total. The SMILES string of the molecule is Cc1cc(S(=O)(=O)Nc2c(O)ccc3c(S(=O)(=O)O)cccc23)ccc1NC(=O)Nc1ccc(S(=O)(=O)Nc2c(O)ccc3c(S(=O)(=O)O)cccc23)cc1C. The maximum Gasteiger partial charge on any atom is 0.323 e. The van der Waals surface area contributed by atoms with Crippen molar-refractivity contribution in [1.82, 2.24) is 0 Å². The van der Waals surface area contributed by atoms with Crippen LogP contribution in [0.4, 0.5) is 27.5 Å². The Morgan fingerprint density at radius 1 is 0.500 bits per heavy atom.